The second-order valence-corrected chi connectivity index (χ2v) is 2.82. The smallest absolute Gasteiger partial charge is 0.279 e. The van der Waals surface area contributed by atoms with Crippen LogP contribution in [0.3, 0.4) is 0 Å². The SMILES string of the molecule is CCn1cccc(N2NC=CO2)c1=O. The van der Waals surface area contributed by atoms with Crippen LogP contribution in [-0.4, -0.2) is 4.57 Å². The van der Waals surface area contributed by atoms with Crippen LogP contribution in [-0.2, 0) is 11.4 Å². The molecule has 5 nitrogen and oxygen atoms in total. The van der Waals surface area contributed by atoms with Gasteiger partial charge < -0.3 is 9.40 Å². The molecule has 2 heterocycles. The Bertz CT molecular complexity index is 403. The maximum Gasteiger partial charge on any atom is 0.279 e. The first-order chi connectivity index (χ1) is 6.83. The average Bonchev–Trinajstić information content (AvgIpc) is 2.71. The molecule has 0 saturated carbocycles. The van der Waals surface area contributed by atoms with Gasteiger partial charge in [-0.15, -0.1) is 5.17 Å². The van der Waals surface area contributed by atoms with Crippen LogP contribution in [0.1, 0.15) is 6.92 Å². The van der Waals surface area contributed by atoms with E-state index in [4.69, 9.17) is 4.84 Å². The van der Waals surface area contributed by atoms with E-state index in [-0.39, 0.29) is 5.56 Å². The van der Waals surface area contributed by atoms with Gasteiger partial charge in [0.25, 0.3) is 5.56 Å². The summed E-state index contributed by atoms with van der Waals surface area (Å²) in [5.41, 5.74) is 3.18. The van der Waals surface area contributed by atoms with Gasteiger partial charge in [-0.1, -0.05) is 0 Å². The summed E-state index contributed by atoms with van der Waals surface area (Å²) >= 11 is 0. The first-order valence-electron chi connectivity index (χ1n) is 4.40. The number of pyridine rings is 1. The quantitative estimate of drug-likeness (QED) is 0.747. The molecule has 0 aliphatic carbocycles. The molecule has 0 aromatic carbocycles. The Morgan fingerprint density at radius 1 is 1.57 bits per heavy atom. The van der Waals surface area contributed by atoms with Gasteiger partial charge in [-0.25, -0.2) is 0 Å². The van der Waals surface area contributed by atoms with Crippen LogP contribution in [0.5, 0.6) is 0 Å². The molecule has 0 bridgehead atoms. The van der Waals surface area contributed by atoms with Crippen LogP contribution in [0.2, 0.25) is 0 Å². The first-order valence-corrected chi connectivity index (χ1v) is 4.40. The van der Waals surface area contributed by atoms with Crippen molar-refractivity contribution in [2.24, 2.45) is 0 Å². The molecular weight excluding hydrogens is 182 g/mol. The van der Waals surface area contributed by atoms with Crippen LogP contribution in [0.4, 0.5) is 5.69 Å². The number of hydrazine groups is 1. The summed E-state index contributed by atoms with van der Waals surface area (Å²) in [7, 11) is 0. The zero-order valence-corrected chi connectivity index (χ0v) is 7.80. The van der Waals surface area contributed by atoms with E-state index in [2.05, 4.69) is 5.43 Å². The summed E-state index contributed by atoms with van der Waals surface area (Å²) in [4.78, 5) is 16.8. The summed E-state index contributed by atoms with van der Waals surface area (Å²) in [5, 5.41) is 1.33. The zero-order chi connectivity index (χ0) is 9.97. The Balaban J connectivity index is 2.38. The molecule has 1 aliphatic rings. The molecule has 0 spiro atoms. The highest BCUT2D eigenvalue weighted by Crippen LogP contribution is 2.08. The molecule has 1 aliphatic heterocycles. The fraction of sp³-hybridized carbons (Fsp3) is 0.222. The first kappa shape index (κ1) is 8.68. The van der Waals surface area contributed by atoms with E-state index < -0.39 is 0 Å². The molecule has 5 heteroatoms. The monoisotopic (exact) mass is 193 g/mol. The van der Waals surface area contributed by atoms with Crippen LogP contribution in [0.15, 0.2) is 35.6 Å². The predicted octanol–water partition coefficient (Wildman–Crippen LogP) is 0.596. The van der Waals surface area contributed by atoms with Gasteiger partial charge in [-0.05, 0) is 19.1 Å². The third kappa shape index (κ3) is 1.32. The Morgan fingerprint density at radius 3 is 3.07 bits per heavy atom. The largest absolute Gasteiger partial charge is 0.365 e. The van der Waals surface area contributed by atoms with E-state index in [0.717, 1.165) is 0 Å². The molecule has 0 radical (unpaired) electrons. The van der Waals surface area contributed by atoms with Crippen molar-refractivity contribution in [3.8, 4) is 0 Å². The van der Waals surface area contributed by atoms with Crippen molar-refractivity contribution in [1.82, 2.24) is 9.99 Å². The maximum atomic E-state index is 11.8. The number of hydrogen-bond donors (Lipinski definition) is 1. The minimum absolute atomic E-state index is 0.0776. The van der Waals surface area contributed by atoms with Gasteiger partial charge in [0.2, 0.25) is 0 Å². The predicted molar refractivity (Wildman–Crippen MR) is 52.2 cm³/mol. The van der Waals surface area contributed by atoms with E-state index in [1.54, 1.807) is 23.0 Å². The normalized spacial score (nSPS) is 13.9. The van der Waals surface area contributed by atoms with E-state index in [1.165, 1.54) is 11.4 Å². The lowest BCUT2D eigenvalue weighted by atomic mass is 10.4. The van der Waals surface area contributed by atoms with E-state index >= 15 is 0 Å². The number of hydrogen-bond acceptors (Lipinski definition) is 4. The third-order valence-corrected chi connectivity index (χ3v) is 1.99. The summed E-state index contributed by atoms with van der Waals surface area (Å²) < 4.78 is 1.61. The Morgan fingerprint density at radius 2 is 2.43 bits per heavy atom. The molecule has 14 heavy (non-hydrogen) atoms. The number of rotatable bonds is 2. The van der Waals surface area contributed by atoms with Crippen molar-refractivity contribution >= 4 is 5.69 Å². The van der Waals surface area contributed by atoms with Gasteiger partial charge in [-0.3, -0.25) is 10.2 Å². The van der Waals surface area contributed by atoms with Crippen molar-refractivity contribution in [2.45, 2.75) is 13.5 Å². The number of aromatic nitrogens is 1. The highest BCUT2D eigenvalue weighted by Gasteiger charge is 2.13. The van der Waals surface area contributed by atoms with Gasteiger partial charge in [0.05, 0.1) is 6.20 Å². The van der Waals surface area contributed by atoms with Crippen LogP contribution in [0.25, 0.3) is 0 Å². The molecule has 2 rings (SSSR count). The zero-order valence-electron chi connectivity index (χ0n) is 7.80. The number of anilines is 1. The summed E-state index contributed by atoms with van der Waals surface area (Å²) in [6.45, 7) is 2.57. The minimum Gasteiger partial charge on any atom is -0.365 e. The van der Waals surface area contributed by atoms with Crippen molar-refractivity contribution in [2.75, 3.05) is 5.17 Å². The number of nitrogens with zero attached hydrogens (tertiary/aromatic N) is 2. The minimum atomic E-state index is -0.0776. The van der Waals surface area contributed by atoms with Crippen LogP contribution < -0.4 is 16.2 Å². The van der Waals surface area contributed by atoms with E-state index in [1.807, 2.05) is 13.0 Å². The molecule has 0 fully saturated rings. The standard InChI is InChI=1S/C9H11N3O2/c1-2-11-6-3-4-8(9(11)13)12-10-5-7-14-12/h3-7,10H,2H2,1H3. The second kappa shape index (κ2) is 3.45. The highest BCUT2D eigenvalue weighted by atomic mass is 16.7. The molecule has 0 saturated heterocycles. The van der Waals surface area contributed by atoms with Crippen molar-refractivity contribution < 1.29 is 4.84 Å². The Kier molecular flexibility index (Phi) is 2.14. The summed E-state index contributed by atoms with van der Waals surface area (Å²) in [6, 6.07) is 3.51. The average molecular weight is 193 g/mol. The molecule has 0 unspecified atom stereocenters. The summed E-state index contributed by atoms with van der Waals surface area (Å²) in [6.07, 6.45) is 4.83. The highest BCUT2D eigenvalue weighted by molar-refractivity contribution is 5.41. The summed E-state index contributed by atoms with van der Waals surface area (Å²) in [5.74, 6) is 0. The maximum absolute atomic E-state index is 11.8. The van der Waals surface area contributed by atoms with E-state index in [9.17, 15) is 4.79 Å². The van der Waals surface area contributed by atoms with Gasteiger partial charge in [0.15, 0.2) is 5.69 Å². The van der Waals surface area contributed by atoms with Gasteiger partial charge in [0, 0.05) is 12.7 Å². The lowest BCUT2D eigenvalue weighted by Crippen LogP contribution is -2.35. The molecule has 74 valence electrons. The van der Waals surface area contributed by atoms with Crippen LogP contribution in [0, 0.1) is 0 Å². The second-order valence-electron chi connectivity index (χ2n) is 2.82. The fourth-order valence-corrected chi connectivity index (χ4v) is 1.27. The lowest BCUT2D eigenvalue weighted by Gasteiger charge is -2.16. The Hall–Kier alpha value is -1.91. The van der Waals surface area contributed by atoms with Crippen molar-refractivity contribution in [1.29, 1.82) is 0 Å². The molecule has 1 N–H and O–H groups in total. The Labute approximate surface area is 81.1 Å². The van der Waals surface area contributed by atoms with Gasteiger partial charge in [-0.2, -0.15) is 0 Å². The number of nitrogens with one attached hydrogen (secondary N) is 1. The molecule has 1 aromatic heterocycles. The topological polar surface area (TPSA) is 46.5 Å². The van der Waals surface area contributed by atoms with Gasteiger partial charge >= 0.3 is 0 Å². The van der Waals surface area contributed by atoms with E-state index in [0.29, 0.717) is 12.2 Å². The molecule has 0 amide bonds. The molecule has 1 aromatic rings. The molecular formula is C9H11N3O2. The van der Waals surface area contributed by atoms with Gasteiger partial charge in [0.1, 0.15) is 6.26 Å². The molecule has 0 atom stereocenters. The van der Waals surface area contributed by atoms with Crippen molar-refractivity contribution in [3.05, 3.63) is 41.1 Å². The number of aryl methyl sites for hydroxylation is 1. The third-order valence-electron chi connectivity index (χ3n) is 1.99. The fourth-order valence-electron chi connectivity index (χ4n) is 1.27. The lowest BCUT2D eigenvalue weighted by molar-refractivity contribution is 0.220. The van der Waals surface area contributed by atoms with Crippen molar-refractivity contribution in [3.63, 3.8) is 0 Å². The van der Waals surface area contributed by atoms with Crippen LogP contribution >= 0.6 is 0 Å².